The van der Waals surface area contributed by atoms with Crippen molar-refractivity contribution in [1.29, 1.82) is 0 Å². The molecule has 0 amide bonds. The standard InChI is InChI=1S/C31H52O2/c1-20(22(3)18-32)8-9-21(2)23-12-14-29(7)25-11-10-24-27(4,5)26(33)13-15-30(24)19-31(25,30)17-16-28(23,29)6/h21-26,32-33H,1,8-19H2,2-7H3/t21-,22?,23-,24+,25+,26+,28-,29+,30-,31+/m1/s1. The van der Waals surface area contributed by atoms with E-state index >= 15 is 0 Å². The highest BCUT2D eigenvalue weighted by Crippen LogP contribution is 2.89. The summed E-state index contributed by atoms with van der Waals surface area (Å²) < 4.78 is 0. The Bertz CT molecular complexity index is 801. The van der Waals surface area contributed by atoms with E-state index in [-0.39, 0.29) is 24.0 Å². The second kappa shape index (κ2) is 7.58. The summed E-state index contributed by atoms with van der Waals surface area (Å²) in [6.45, 7) is 19.3. The van der Waals surface area contributed by atoms with Gasteiger partial charge in [0.05, 0.1) is 6.10 Å². The summed E-state index contributed by atoms with van der Waals surface area (Å²) in [6, 6.07) is 0. The van der Waals surface area contributed by atoms with Gasteiger partial charge in [-0.25, -0.2) is 0 Å². The van der Waals surface area contributed by atoms with E-state index in [9.17, 15) is 10.2 Å². The van der Waals surface area contributed by atoms with Crippen molar-refractivity contribution >= 4 is 0 Å². The van der Waals surface area contributed by atoms with Crippen molar-refractivity contribution in [2.45, 2.75) is 118 Å². The fraction of sp³-hybridized carbons (Fsp3) is 0.935. The number of rotatable bonds is 6. The van der Waals surface area contributed by atoms with Gasteiger partial charge in [-0.3, -0.25) is 0 Å². The van der Waals surface area contributed by atoms with Gasteiger partial charge in [-0.1, -0.05) is 53.7 Å². The van der Waals surface area contributed by atoms with E-state index in [1.54, 1.807) is 0 Å². The van der Waals surface area contributed by atoms with E-state index in [2.05, 4.69) is 48.1 Å². The van der Waals surface area contributed by atoms with Crippen LogP contribution in [0.2, 0.25) is 0 Å². The second-order valence-electron chi connectivity index (χ2n) is 14.8. The molecular weight excluding hydrogens is 404 g/mol. The molecule has 0 radical (unpaired) electrons. The Labute approximate surface area is 204 Å². The molecule has 5 fully saturated rings. The van der Waals surface area contributed by atoms with Gasteiger partial charge in [0.25, 0.3) is 0 Å². The van der Waals surface area contributed by atoms with Crippen LogP contribution in [0.3, 0.4) is 0 Å². The molecule has 0 aromatic carbocycles. The molecule has 0 bridgehead atoms. The Morgan fingerprint density at radius 2 is 1.55 bits per heavy atom. The minimum absolute atomic E-state index is 0.0925. The highest BCUT2D eigenvalue weighted by Gasteiger charge is 2.82. The molecule has 0 aromatic heterocycles. The Balaban J connectivity index is 1.36. The number of hydrogen-bond donors (Lipinski definition) is 2. The van der Waals surface area contributed by atoms with Gasteiger partial charge >= 0.3 is 0 Å². The summed E-state index contributed by atoms with van der Waals surface area (Å²) in [5.74, 6) is 3.42. The van der Waals surface area contributed by atoms with Crippen LogP contribution in [-0.4, -0.2) is 22.9 Å². The van der Waals surface area contributed by atoms with Crippen LogP contribution in [0, 0.1) is 56.7 Å². The summed E-state index contributed by atoms with van der Waals surface area (Å²) in [4.78, 5) is 0. The lowest BCUT2D eigenvalue weighted by Crippen LogP contribution is -2.57. The predicted octanol–water partition coefficient (Wildman–Crippen LogP) is 7.39. The largest absolute Gasteiger partial charge is 0.396 e. The summed E-state index contributed by atoms with van der Waals surface area (Å²) in [7, 11) is 0. The third-order valence-electron chi connectivity index (χ3n) is 13.7. The lowest BCUT2D eigenvalue weighted by atomic mass is 9.41. The van der Waals surface area contributed by atoms with E-state index in [1.165, 1.54) is 63.4 Å². The van der Waals surface area contributed by atoms with Crippen LogP contribution in [-0.2, 0) is 0 Å². The Morgan fingerprint density at radius 1 is 0.879 bits per heavy atom. The molecule has 188 valence electrons. The smallest absolute Gasteiger partial charge is 0.0594 e. The summed E-state index contributed by atoms with van der Waals surface area (Å²) in [6.07, 6.45) is 14.4. The minimum Gasteiger partial charge on any atom is -0.396 e. The first-order valence-electron chi connectivity index (χ1n) is 14.4. The fourth-order valence-corrected chi connectivity index (χ4v) is 11.3. The van der Waals surface area contributed by atoms with Gasteiger partial charge in [0.2, 0.25) is 0 Å². The van der Waals surface area contributed by atoms with Crippen molar-refractivity contribution in [2.24, 2.45) is 56.7 Å². The van der Waals surface area contributed by atoms with Crippen LogP contribution in [0.4, 0.5) is 0 Å². The average molecular weight is 457 g/mol. The fourth-order valence-electron chi connectivity index (χ4n) is 11.3. The van der Waals surface area contributed by atoms with Crippen LogP contribution in [0.5, 0.6) is 0 Å². The quantitative estimate of drug-likeness (QED) is 0.409. The molecule has 2 spiro atoms. The van der Waals surface area contributed by atoms with Crippen LogP contribution < -0.4 is 0 Å². The van der Waals surface area contributed by atoms with Crippen molar-refractivity contribution in [3.63, 3.8) is 0 Å². The second-order valence-corrected chi connectivity index (χ2v) is 14.8. The molecule has 5 aliphatic carbocycles. The number of fused-ring (bicyclic) bond motifs is 2. The Hall–Kier alpha value is -0.340. The third kappa shape index (κ3) is 2.98. The minimum atomic E-state index is -0.105. The maximum absolute atomic E-state index is 10.9. The van der Waals surface area contributed by atoms with E-state index in [0.717, 1.165) is 36.5 Å². The predicted molar refractivity (Wildman–Crippen MR) is 137 cm³/mol. The van der Waals surface area contributed by atoms with E-state index in [1.807, 2.05) is 0 Å². The van der Waals surface area contributed by atoms with Gasteiger partial charge in [0.15, 0.2) is 0 Å². The van der Waals surface area contributed by atoms with E-state index < -0.39 is 0 Å². The molecule has 0 aromatic rings. The van der Waals surface area contributed by atoms with Gasteiger partial charge < -0.3 is 10.2 Å². The maximum atomic E-state index is 10.9. The van der Waals surface area contributed by atoms with Crippen LogP contribution in [0.15, 0.2) is 12.2 Å². The molecule has 5 aliphatic rings. The van der Waals surface area contributed by atoms with Gasteiger partial charge in [-0.2, -0.15) is 0 Å². The molecular formula is C31H52O2. The molecule has 2 heteroatoms. The van der Waals surface area contributed by atoms with Crippen molar-refractivity contribution in [3.8, 4) is 0 Å². The molecule has 5 rings (SSSR count). The highest BCUT2D eigenvalue weighted by molar-refractivity contribution is 5.30. The molecule has 0 heterocycles. The molecule has 2 N–H and O–H groups in total. The zero-order valence-electron chi connectivity index (χ0n) is 22.6. The first kappa shape index (κ1) is 24.4. The van der Waals surface area contributed by atoms with Crippen LogP contribution in [0.1, 0.15) is 112 Å². The van der Waals surface area contributed by atoms with Crippen molar-refractivity contribution in [2.75, 3.05) is 6.61 Å². The lowest BCUT2D eigenvalue weighted by molar-refractivity contribution is -0.161. The highest BCUT2D eigenvalue weighted by atomic mass is 16.3. The summed E-state index contributed by atoms with van der Waals surface area (Å²) >= 11 is 0. The van der Waals surface area contributed by atoms with Crippen LogP contribution in [0.25, 0.3) is 0 Å². The summed E-state index contributed by atoms with van der Waals surface area (Å²) in [5, 5.41) is 20.4. The topological polar surface area (TPSA) is 40.5 Å². The molecule has 2 nitrogen and oxygen atoms in total. The molecule has 33 heavy (non-hydrogen) atoms. The maximum Gasteiger partial charge on any atom is 0.0594 e. The third-order valence-corrected chi connectivity index (χ3v) is 13.7. The van der Waals surface area contributed by atoms with Gasteiger partial charge in [-0.15, -0.1) is 0 Å². The van der Waals surface area contributed by atoms with Crippen LogP contribution >= 0.6 is 0 Å². The Kier molecular flexibility index (Phi) is 5.60. The monoisotopic (exact) mass is 456 g/mol. The SMILES string of the molecule is C=C(CC[C@@H](C)[C@H]1CC[C@@]2(C)[C@@H]3CC[C@H]4C(C)(C)[C@@H](O)CC[C@@]45C[C@@]35CC[C@]12C)C(C)CO. The molecule has 5 saturated carbocycles. The number of aliphatic hydroxyl groups excluding tert-OH is 2. The first-order chi connectivity index (χ1) is 15.4. The van der Waals surface area contributed by atoms with Crippen molar-refractivity contribution < 1.29 is 10.2 Å². The zero-order chi connectivity index (χ0) is 24.0. The van der Waals surface area contributed by atoms with E-state index in [4.69, 9.17) is 0 Å². The average Bonchev–Trinajstić information content (AvgIpc) is 3.36. The van der Waals surface area contributed by atoms with Crippen molar-refractivity contribution in [3.05, 3.63) is 12.2 Å². The number of aliphatic hydroxyl groups is 2. The van der Waals surface area contributed by atoms with Gasteiger partial charge in [0.1, 0.15) is 0 Å². The lowest BCUT2D eigenvalue weighted by Gasteiger charge is -2.63. The number of hydrogen-bond acceptors (Lipinski definition) is 2. The molecule has 1 unspecified atom stereocenters. The van der Waals surface area contributed by atoms with Crippen molar-refractivity contribution in [1.82, 2.24) is 0 Å². The molecule has 0 aliphatic heterocycles. The zero-order valence-corrected chi connectivity index (χ0v) is 22.6. The Morgan fingerprint density at radius 3 is 2.24 bits per heavy atom. The molecule has 0 saturated heterocycles. The van der Waals surface area contributed by atoms with Gasteiger partial charge in [0, 0.05) is 6.61 Å². The normalized spacial score (nSPS) is 51.5. The van der Waals surface area contributed by atoms with E-state index in [0.29, 0.717) is 21.7 Å². The van der Waals surface area contributed by atoms with Gasteiger partial charge in [-0.05, 0) is 127 Å². The summed E-state index contributed by atoms with van der Waals surface area (Å²) in [5.41, 5.74) is 3.41. The molecule has 10 atom stereocenters. The first-order valence-corrected chi connectivity index (χ1v) is 14.4.